The summed E-state index contributed by atoms with van der Waals surface area (Å²) in [7, 11) is 0. The molecular formula is C34H32. The lowest BCUT2D eigenvalue weighted by Gasteiger charge is -2.18. The number of fused-ring (bicyclic) bond motifs is 1. The minimum Gasteiger partial charge on any atom is -0.0911 e. The largest absolute Gasteiger partial charge is 0.0911 e. The molecule has 0 aliphatic heterocycles. The van der Waals surface area contributed by atoms with Crippen molar-refractivity contribution in [3.63, 3.8) is 0 Å². The predicted octanol–water partition coefficient (Wildman–Crippen LogP) is 9.17. The van der Waals surface area contributed by atoms with Gasteiger partial charge in [0.15, 0.2) is 0 Å². The molecule has 0 fully saturated rings. The van der Waals surface area contributed by atoms with E-state index in [9.17, 15) is 0 Å². The Morgan fingerprint density at radius 1 is 0.765 bits per heavy atom. The minimum atomic E-state index is 0.454. The van der Waals surface area contributed by atoms with Gasteiger partial charge in [-0.2, -0.15) is 0 Å². The molecule has 0 heterocycles. The van der Waals surface area contributed by atoms with E-state index in [2.05, 4.69) is 124 Å². The monoisotopic (exact) mass is 440 g/mol. The van der Waals surface area contributed by atoms with Crippen LogP contribution in [0.1, 0.15) is 58.2 Å². The molecule has 0 aromatic heterocycles. The minimum absolute atomic E-state index is 0.454. The van der Waals surface area contributed by atoms with E-state index in [0.717, 1.165) is 18.4 Å². The Hall–Kier alpha value is -3.64. The number of aryl methyl sites for hydroxylation is 2. The van der Waals surface area contributed by atoms with Crippen molar-refractivity contribution in [1.29, 1.82) is 0 Å². The van der Waals surface area contributed by atoms with E-state index in [1.165, 1.54) is 55.6 Å². The van der Waals surface area contributed by atoms with Crippen molar-refractivity contribution in [2.24, 2.45) is 0 Å². The third-order valence-electron chi connectivity index (χ3n) is 7.10. The lowest BCUT2D eigenvalue weighted by Crippen LogP contribution is -1.98. The molecule has 4 aromatic carbocycles. The van der Waals surface area contributed by atoms with Gasteiger partial charge in [-0.3, -0.25) is 0 Å². The molecule has 0 spiro atoms. The summed E-state index contributed by atoms with van der Waals surface area (Å²) in [6.45, 7) is 11.2. The molecule has 168 valence electrons. The molecule has 0 heteroatoms. The van der Waals surface area contributed by atoms with Crippen LogP contribution in [0, 0.1) is 13.8 Å². The third-order valence-corrected chi connectivity index (χ3v) is 7.10. The van der Waals surface area contributed by atoms with E-state index in [-0.39, 0.29) is 0 Å². The van der Waals surface area contributed by atoms with Crippen LogP contribution in [-0.4, -0.2) is 0 Å². The molecule has 0 amide bonds. The molecule has 0 saturated carbocycles. The van der Waals surface area contributed by atoms with Crippen LogP contribution >= 0.6 is 0 Å². The second-order valence-electron chi connectivity index (χ2n) is 9.74. The molecule has 0 bridgehead atoms. The second-order valence-corrected chi connectivity index (χ2v) is 9.74. The lowest BCUT2D eigenvalue weighted by atomic mass is 9.87. The number of benzene rings is 4. The Morgan fingerprint density at radius 2 is 1.53 bits per heavy atom. The smallest absolute Gasteiger partial charge is 0.00196 e. The van der Waals surface area contributed by atoms with Gasteiger partial charge in [0.05, 0.1) is 0 Å². The zero-order valence-corrected chi connectivity index (χ0v) is 20.4. The number of hydrogen-bond acceptors (Lipinski definition) is 0. The molecule has 0 nitrogen and oxygen atoms in total. The highest BCUT2D eigenvalue weighted by molar-refractivity contribution is 5.87. The predicted molar refractivity (Wildman–Crippen MR) is 147 cm³/mol. The summed E-state index contributed by atoms with van der Waals surface area (Å²) in [6, 6.07) is 33.4. The summed E-state index contributed by atoms with van der Waals surface area (Å²) in [5, 5.41) is 0. The fourth-order valence-electron chi connectivity index (χ4n) is 5.32. The summed E-state index contributed by atoms with van der Waals surface area (Å²) in [5.74, 6) is 0.454. The van der Waals surface area contributed by atoms with Crippen LogP contribution in [0.25, 0.3) is 22.3 Å². The highest BCUT2D eigenvalue weighted by Gasteiger charge is 2.20. The summed E-state index contributed by atoms with van der Waals surface area (Å²) in [4.78, 5) is 0. The first kappa shape index (κ1) is 22.2. The van der Waals surface area contributed by atoms with Gasteiger partial charge in [0.25, 0.3) is 0 Å². The fraction of sp³-hybridized carbons (Fsp3) is 0.176. The van der Waals surface area contributed by atoms with Gasteiger partial charge in [-0.15, -0.1) is 0 Å². The Labute approximate surface area is 204 Å². The fourth-order valence-corrected chi connectivity index (χ4v) is 5.32. The standard InChI is InChI=1S/C34H32/c1-23-14-17-33(24(2)18-23)34-22-28(15-16-29(34)21-27-10-6-5-7-11-27)30-19-25(3)31-12-8-9-13-32(31)26(4)20-30/h5-19,22,26H,3,20-21H2,1-2,4H3. The first-order chi connectivity index (χ1) is 16.5. The molecule has 1 aliphatic carbocycles. The zero-order valence-electron chi connectivity index (χ0n) is 20.4. The molecule has 34 heavy (non-hydrogen) atoms. The molecule has 1 aliphatic rings. The molecule has 1 atom stereocenters. The highest BCUT2D eigenvalue weighted by atomic mass is 14.2. The van der Waals surface area contributed by atoms with E-state index in [1.54, 1.807) is 0 Å². The first-order valence-electron chi connectivity index (χ1n) is 12.2. The molecular weight excluding hydrogens is 408 g/mol. The molecule has 0 saturated heterocycles. The quantitative estimate of drug-likeness (QED) is 0.297. The van der Waals surface area contributed by atoms with Gasteiger partial charge >= 0.3 is 0 Å². The van der Waals surface area contributed by atoms with Crippen molar-refractivity contribution in [2.75, 3.05) is 0 Å². The molecule has 1 unspecified atom stereocenters. The van der Waals surface area contributed by atoms with Gasteiger partial charge in [0.1, 0.15) is 0 Å². The Kier molecular flexibility index (Phi) is 6.07. The normalized spacial score (nSPS) is 15.4. The Balaban J connectivity index is 1.61. The maximum absolute atomic E-state index is 4.43. The van der Waals surface area contributed by atoms with Crippen LogP contribution in [0.2, 0.25) is 0 Å². The SMILES string of the molecule is C=C1C=C(c2ccc(Cc3ccccc3)c(-c3ccc(C)cc3C)c2)CC(C)c2ccccc21. The van der Waals surface area contributed by atoms with Gasteiger partial charge in [0.2, 0.25) is 0 Å². The van der Waals surface area contributed by atoms with Gasteiger partial charge in [-0.25, -0.2) is 0 Å². The summed E-state index contributed by atoms with van der Waals surface area (Å²) in [6.07, 6.45) is 4.25. The summed E-state index contributed by atoms with van der Waals surface area (Å²) in [5.41, 5.74) is 14.4. The van der Waals surface area contributed by atoms with Crippen molar-refractivity contribution in [3.05, 3.63) is 143 Å². The van der Waals surface area contributed by atoms with Gasteiger partial charge in [0, 0.05) is 0 Å². The van der Waals surface area contributed by atoms with Gasteiger partial charge in [-0.1, -0.05) is 110 Å². The average molecular weight is 441 g/mol. The second kappa shape index (κ2) is 9.31. The van der Waals surface area contributed by atoms with Crippen LogP contribution in [0.15, 0.2) is 104 Å². The molecule has 5 rings (SSSR count). The molecule has 0 N–H and O–H groups in total. The van der Waals surface area contributed by atoms with Crippen LogP contribution in [0.4, 0.5) is 0 Å². The Bertz CT molecular complexity index is 1380. The van der Waals surface area contributed by atoms with E-state index in [0.29, 0.717) is 5.92 Å². The topological polar surface area (TPSA) is 0 Å². The van der Waals surface area contributed by atoms with Crippen molar-refractivity contribution in [2.45, 2.75) is 39.5 Å². The average Bonchev–Trinajstić information content (AvgIpc) is 2.97. The van der Waals surface area contributed by atoms with Crippen molar-refractivity contribution >= 4 is 11.1 Å². The van der Waals surface area contributed by atoms with E-state index in [4.69, 9.17) is 0 Å². The first-order valence-corrected chi connectivity index (χ1v) is 12.2. The van der Waals surface area contributed by atoms with Gasteiger partial charge < -0.3 is 0 Å². The maximum atomic E-state index is 4.43. The summed E-state index contributed by atoms with van der Waals surface area (Å²) >= 11 is 0. The van der Waals surface area contributed by atoms with E-state index < -0.39 is 0 Å². The summed E-state index contributed by atoms with van der Waals surface area (Å²) < 4.78 is 0. The van der Waals surface area contributed by atoms with Gasteiger partial charge in [-0.05, 0) is 94.3 Å². The zero-order chi connectivity index (χ0) is 23.7. The van der Waals surface area contributed by atoms with Crippen molar-refractivity contribution < 1.29 is 0 Å². The number of rotatable bonds is 4. The van der Waals surface area contributed by atoms with E-state index in [1.807, 2.05) is 0 Å². The lowest BCUT2D eigenvalue weighted by molar-refractivity contribution is 0.793. The van der Waals surface area contributed by atoms with Crippen LogP contribution in [0.3, 0.4) is 0 Å². The number of hydrogen-bond donors (Lipinski definition) is 0. The maximum Gasteiger partial charge on any atom is -0.00196 e. The molecule has 4 aromatic rings. The van der Waals surface area contributed by atoms with Crippen molar-refractivity contribution in [1.82, 2.24) is 0 Å². The van der Waals surface area contributed by atoms with Crippen LogP contribution in [0.5, 0.6) is 0 Å². The van der Waals surface area contributed by atoms with Crippen LogP contribution < -0.4 is 0 Å². The third kappa shape index (κ3) is 4.41. The number of allylic oxidation sites excluding steroid dienone is 3. The van der Waals surface area contributed by atoms with E-state index >= 15 is 0 Å². The Morgan fingerprint density at radius 3 is 2.32 bits per heavy atom. The highest BCUT2D eigenvalue weighted by Crippen LogP contribution is 2.40. The molecule has 0 radical (unpaired) electrons. The van der Waals surface area contributed by atoms with Crippen LogP contribution in [-0.2, 0) is 6.42 Å². The van der Waals surface area contributed by atoms with Crippen molar-refractivity contribution in [3.8, 4) is 11.1 Å².